The van der Waals surface area contributed by atoms with Gasteiger partial charge in [0.2, 0.25) is 11.9 Å². The van der Waals surface area contributed by atoms with Crippen LogP contribution in [0.3, 0.4) is 0 Å². The van der Waals surface area contributed by atoms with Crippen LogP contribution in [-0.4, -0.2) is 28.5 Å². The van der Waals surface area contributed by atoms with Crippen molar-refractivity contribution in [2.45, 2.75) is 52.6 Å². The molecule has 0 saturated heterocycles. The Morgan fingerprint density at radius 2 is 1.78 bits per heavy atom. The SMILES string of the molecule is CC(C)(C)C1CCCc2ccccc2N1CC(=O)NCc1ccc(Nc2nc3ccccc3[nH]2)cc1. The molecule has 0 fully saturated rings. The number of H-pyrrole nitrogens is 1. The molecular formula is C30H35N5O. The van der Waals surface area contributed by atoms with Crippen molar-refractivity contribution in [1.29, 1.82) is 0 Å². The monoisotopic (exact) mass is 481 g/mol. The number of hydrogen-bond donors (Lipinski definition) is 3. The number of rotatable bonds is 6. The van der Waals surface area contributed by atoms with Gasteiger partial charge in [-0.1, -0.05) is 63.2 Å². The molecule has 1 aliphatic rings. The summed E-state index contributed by atoms with van der Waals surface area (Å²) in [5.41, 5.74) is 6.55. The normalized spacial score (nSPS) is 15.9. The zero-order valence-corrected chi connectivity index (χ0v) is 21.3. The summed E-state index contributed by atoms with van der Waals surface area (Å²) in [4.78, 5) is 23.3. The maximum Gasteiger partial charge on any atom is 0.239 e. The Labute approximate surface area is 213 Å². The van der Waals surface area contributed by atoms with Crippen LogP contribution in [0.5, 0.6) is 0 Å². The predicted octanol–water partition coefficient (Wildman–Crippen LogP) is 6.18. The second-order valence-corrected chi connectivity index (χ2v) is 10.7. The second-order valence-electron chi connectivity index (χ2n) is 10.7. The third kappa shape index (κ3) is 5.38. The third-order valence-electron chi connectivity index (χ3n) is 7.01. The highest BCUT2D eigenvalue weighted by atomic mass is 16.2. The minimum Gasteiger partial charge on any atom is -0.358 e. The number of nitrogens with one attached hydrogen (secondary N) is 3. The molecule has 1 amide bonds. The summed E-state index contributed by atoms with van der Waals surface area (Å²) in [5, 5.41) is 6.45. The fraction of sp³-hybridized carbons (Fsp3) is 0.333. The topological polar surface area (TPSA) is 73.1 Å². The summed E-state index contributed by atoms with van der Waals surface area (Å²) in [7, 11) is 0. The Morgan fingerprint density at radius 3 is 2.56 bits per heavy atom. The van der Waals surface area contributed by atoms with Crippen LogP contribution in [0.1, 0.15) is 44.7 Å². The van der Waals surface area contributed by atoms with Crippen molar-refractivity contribution in [3.8, 4) is 0 Å². The highest BCUT2D eigenvalue weighted by Crippen LogP contribution is 2.36. The molecule has 186 valence electrons. The number of para-hydroxylation sites is 3. The van der Waals surface area contributed by atoms with Crippen LogP contribution in [0.4, 0.5) is 17.3 Å². The number of imidazole rings is 1. The Balaban J connectivity index is 1.22. The first-order chi connectivity index (χ1) is 17.4. The number of aryl methyl sites for hydroxylation is 1. The molecule has 3 aromatic carbocycles. The minimum atomic E-state index is 0.0467. The summed E-state index contributed by atoms with van der Waals surface area (Å²) in [5.74, 6) is 0.758. The summed E-state index contributed by atoms with van der Waals surface area (Å²) in [6.07, 6.45) is 3.30. The number of aromatic nitrogens is 2. The van der Waals surface area contributed by atoms with E-state index in [0.29, 0.717) is 25.1 Å². The van der Waals surface area contributed by atoms with Crippen LogP contribution in [0.15, 0.2) is 72.8 Å². The van der Waals surface area contributed by atoms with E-state index in [-0.39, 0.29) is 11.3 Å². The Kier molecular flexibility index (Phi) is 6.68. The Hall–Kier alpha value is -3.80. The molecule has 1 aromatic heterocycles. The molecule has 6 heteroatoms. The first-order valence-electron chi connectivity index (χ1n) is 12.8. The van der Waals surface area contributed by atoms with E-state index >= 15 is 0 Å². The van der Waals surface area contributed by atoms with Crippen molar-refractivity contribution in [3.05, 3.63) is 83.9 Å². The standard InChI is InChI=1S/C30H35N5O/c1-30(2,3)27-14-8-10-22-9-4-7-13-26(22)35(27)20-28(36)31-19-21-15-17-23(18-16-21)32-29-33-24-11-5-6-12-25(24)34-29/h4-7,9,11-13,15-18,27H,8,10,14,19-20H2,1-3H3,(H,31,36)(H2,32,33,34). The van der Waals surface area contributed by atoms with E-state index in [1.54, 1.807) is 0 Å². The second kappa shape index (κ2) is 10.1. The number of carbonyl (C=O) groups is 1. The maximum atomic E-state index is 13.1. The van der Waals surface area contributed by atoms with E-state index in [1.165, 1.54) is 11.3 Å². The molecule has 1 atom stereocenters. The fourth-order valence-corrected chi connectivity index (χ4v) is 5.17. The van der Waals surface area contributed by atoms with Gasteiger partial charge in [0.25, 0.3) is 0 Å². The van der Waals surface area contributed by atoms with Crippen molar-refractivity contribution in [3.63, 3.8) is 0 Å². The van der Waals surface area contributed by atoms with Gasteiger partial charge in [-0.15, -0.1) is 0 Å². The van der Waals surface area contributed by atoms with Gasteiger partial charge in [0, 0.05) is 24.0 Å². The van der Waals surface area contributed by atoms with Gasteiger partial charge in [-0.3, -0.25) is 4.79 Å². The molecule has 0 spiro atoms. The average molecular weight is 482 g/mol. The zero-order valence-electron chi connectivity index (χ0n) is 21.3. The predicted molar refractivity (Wildman–Crippen MR) is 148 cm³/mol. The molecular weight excluding hydrogens is 446 g/mol. The number of hydrogen-bond acceptors (Lipinski definition) is 4. The zero-order chi connectivity index (χ0) is 25.1. The van der Waals surface area contributed by atoms with Crippen LogP contribution in [0, 0.1) is 5.41 Å². The number of anilines is 3. The highest BCUT2D eigenvalue weighted by molar-refractivity contribution is 5.82. The Bertz CT molecular complexity index is 1300. The lowest BCUT2D eigenvalue weighted by Crippen LogP contribution is -2.48. The first-order valence-corrected chi connectivity index (χ1v) is 12.8. The van der Waals surface area contributed by atoms with Crippen LogP contribution in [0.25, 0.3) is 11.0 Å². The number of benzene rings is 3. The first kappa shape index (κ1) is 23.9. The summed E-state index contributed by atoms with van der Waals surface area (Å²) < 4.78 is 0. The molecule has 4 aromatic rings. The van der Waals surface area contributed by atoms with Gasteiger partial charge in [-0.05, 0) is 66.1 Å². The van der Waals surface area contributed by atoms with Gasteiger partial charge in [-0.25, -0.2) is 4.98 Å². The molecule has 0 bridgehead atoms. The molecule has 2 heterocycles. The van der Waals surface area contributed by atoms with Gasteiger partial charge < -0.3 is 20.5 Å². The van der Waals surface area contributed by atoms with Crippen molar-refractivity contribution in [2.24, 2.45) is 5.41 Å². The van der Waals surface area contributed by atoms with Crippen molar-refractivity contribution in [2.75, 3.05) is 16.8 Å². The largest absolute Gasteiger partial charge is 0.358 e. The van der Waals surface area contributed by atoms with E-state index in [0.717, 1.165) is 41.5 Å². The summed E-state index contributed by atoms with van der Waals surface area (Å²) in [6, 6.07) is 24.9. The van der Waals surface area contributed by atoms with Gasteiger partial charge in [0.1, 0.15) is 0 Å². The molecule has 36 heavy (non-hydrogen) atoms. The lowest BCUT2D eigenvalue weighted by atomic mass is 9.83. The lowest BCUT2D eigenvalue weighted by Gasteiger charge is -2.41. The molecule has 0 saturated carbocycles. The summed E-state index contributed by atoms with van der Waals surface area (Å²) in [6.45, 7) is 7.69. The van der Waals surface area contributed by atoms with Crippen molar-refractivity contribution >= 4 is 34.3 Å². The Morgan fingerprint density at radius 1 is 1.03 bits per heavy atom. The summed E-state index contributed by atoms with van der Waals surface area (Å²) >= 11 is 0. The maximum absolute atomic E-state index is 13.1. The number of amides is 1. The van der Waals surface area contributed by atoms with Crippen LogP contribution < -0.4 is 15.5 Å². The van der Waals surface area contributed by atoms with E-state index in [4.69, 9.17) is 0 Å². The van der Waals surface area contributed by atoms with Gasteiger partial charge in [0.05, 0.1) is 17.6 Å². The lowest BCUT2D eigenvalue weighted by molar-refractivity contribution is -0.120. The molecule has 1 unspecified atom stereocenters. The number of nitrogens with zero attached hydrogens (tertiary/aromatic N) is 2. The number of aromatic amines is 1. The molecule has 1 aliphatic heterocycles. The molecule has 3 N–H and O–H groups in total. The van der Waals surface area contributed by atoms with Crippen LogP contribution in [-0.2, 0) is 17.8 Å². The fourth-order valence-electron chi connectivity index (χ4n) is 5.17. The third-order valence-corrected chi connectivity index (χ3v) is 7.01. The smallest absolute Gasteiger partial charge is 0.239 e. The van der Waals surface area contributed by atoms with Gasteiger partial charge >= 0.3 is 0 Å². The van der Waals surface area contributed by atoms with Crippen LogP contribution in [0.2, 0.25) is 0 Å². The van der Waals surface area contributed by atoms with Crippen molar-refractivity contribution in [1.82, 2.24) is 15.3 Å². The van der Waals surface area contributed by atoms with Gasteiger partial charge in [0.15, 0.2) is 0 Å². The average Bonchev–Trinajstić information content (AvgIpc) is 3.17. The number of fused-ring (bicyclic) bond motifs is 2. The van der Waals surface area contributed by atoms with Crippen LogP contribution >= 0.6 is 0 Å². The van der Waals surface area contributed by atoms with E-state index < -0.39 is 0 Å². The number of carbonyl (C=O) groups excluding carboxylic acids is 1. The molecule has 0 radical (unpaired) electrons. The van der Waals surface area contributed by atoms with E-state index in [1.807, 2.05) is 48.5 Å². The molecule has 5 rings (SSSR count). The minimum absolute atomic E-state index is 0.0467. The van der Waals surface area contributed by atoms with E-state index in [9.17, 15) is 4.79 Å². The van der Waals surface area contributed by atoms with Crippen molar-refractivity contribution < 1.29 is 4.79 Å². The van der Waals surface area contributed by atoms with Gasteiger partial charge in [-0.2, -0.15) is 0 Å². The molecule has 0 aliphatic carbocycles. The quantitative estimate of drug-likeness (QED) is 0.307. The highest BCUT2D eigenvalue weighted by Gasteiger charge is 2.34. The van der Waals surface area contributed by atoms with E-state index in [2.05, 4.69) is 70.5 Å². The molecule has 6 nitrogen and oxygen atoms in total.